The molecule has 8 heteroatoms. The maximum atomic E-state index is 13.9. The van der Waals surface area contributed by atoms with Crippen LogP contribution >= 0.6 is 0 Å². The summed E-state index contributed by atoms with van der Waals surface area (Å²) in [5, 5.41) is 6.67. The summed E-state index contributed by atoms with van der Waals surface area (Å²) in [6.45, 7) is 4.54. The lowest BCUT2D eigenvalue weighted by molar-refractivity contribution is 0.0191. The molecule has 2 fully saturated rings. The molecule has 2 atom stereocenters. The molecule has 2 aliphatic heterocycles. The standard InChI is InChI=1S/C21H32F2N4O2/c1-24-21(25-9-12-28-15-17-6-4-11-29-17)26-16-5-3-10-27(13-16)14-18-19(22)7-2-8-20(18)23/h2,7-8,16-17H,3-6,9-15H2,1H3,(H2,24,25,26). The van der Waals surface area contributed by atoms with Crippen molar-refractivity contribution in [2.75, 3.05) is 46.5 Å². The number of nitrogens with zero attached hydrogens (tertiary/aromatic N) is 2. The van der Waals surface area contributed by atoms with Gasteiger partial charge >= 0.3 is 0 Å². The molecule has 2 aliphatic rings. The zero-order valence-electron chi connectivity index (χ0n) is 17.1. The molecule has 0 aliphatic carbocycles. The minimum atomic E-state index is -0.486. The highest BCUT2D eigenvalue weighted by Gasteiger charge is 2.22. The fraction of sp³-hybridized carbons (Fsp3) is 0.667. The van der Waals surface area contributed by atoms with Crippen LogP contribution in [0.15, 0.2) is 23.2 Å². The van der Waals surface area contributed by atoms with Crippen molar-refractivity contribution in [1.82, 2.24) is 15.5 Å². The third kappa shape index (κ3) is 6.90. The minimum Gasteiger partial charge on any atom is -0.377 e. The molecule has 0 bridgehead atoms. The number of ether oxygens (including phenoxy) is 2. The molecule has 3 rings (SSSR count). The highest BCUT2D eigenvalue weighted by Crippen LogP contribution is 2.18. The summed E-state index contributed by atoms with van der Waals surface area (Å²) < 4.78 is 39.1. The normalized spacial score (nSPS) is 23.3. The summed E-state index contributed by atoms with van der Waals surface area (Å²) in [6.07, 6.45) is 4.39. The number of aliphatic imine (C=N–C) groups is 1. The Morgan fingerprint density at radius 2 is 2.10 bits per heavy atom. The van der Waals surface area contributed by atoms with Gasteiger partial charge in [0.25, 0.3) is 0 Å². The van der Waals surface area contributed by atoms with Crippen LogP contribution in [0.25, 0.3) is 0 Å². The number of piperidine rings is 1. The fourth-order valence-corrected chi connectivity index (χ4v) is 3.84. The van der Waals surface area contributed by atoms with E-state index in [1.54, 1.807) is 7.05 Å². The number of hydrogen-bond donors (Lipinski definition) is 2. The van der Waals surface area contributed by atoms with Crippen molar-refractivity contribution in [2.45, 2.75) is 44.4 Å². The van der Waals surface area contributed by atoms with Crippen LogP contribution in [0.3, 0.4) is 0 Å². The van der Waals surface area contributed by atoms with Gasteiger partial charge in [-0.25, -0.2) is 8.78 Å². The van der Waals surface area contributed by atoms with Crippen molar-refractivity contribution >= 4 is 5.96 Å². The quantitative estimate of drug-likeness (QED) is 0.391. The summed E-state index contributed by atoms with van der Waals surface area (Å²) >= 11 is 0. The minimum absolute atomic E-state index is 0.138. The second-order valence-electron chi connectivity index (χ2n) is 7.63. The maximum absolute atomic E-state index is 13.9. The molecule has 2 heterocycles. The lowest BCUT2D eigenvalue weighted by atomic mass is 10.0. The lowest BCUT2D eigenvalue weighted by Gasteiger charge is -2.34. The first-order chi connectivity index (χ1) is 14.2. The van der Waals surface area contributed by atoms with Gasteiger partial charge in [-0.15, -0.1) is 0 Å². The van der Waals surface area contributed by atoms with Crippen LogP contribution in [0.1, 0.15) is 31.2 Å². The summed E-state index contributed by atoms with van der Waals surface area (Å²) in [7, 11) is 1.73. The average Bonchev–Trinajstić information content (AvgIpc) is 3.23. The van der Waals surface area contributed by atoms with Crippen molar-refractivity contribution in [2.24, 2.45) is 4.99 Å². The van der Waals surface area contributed by atoms with Gasteiger partial charge in [0.15, 0.2) is 5.96 Å². The van der Waals surface area contributed by atoms with Gasteiger partial charge in [0.2, 0.25) is 0 Å². The van der Waals surface area contributed by atoms with E-state index in [-0.39, 0.29) is 24.3 Å². The highest BCUT2D eigenvalue weighted by molar-refractivity contribution is 5.79. The van der Waals surface area contributed by atoms with E-state index in [9.17, 15) is 8.78 Å². The number of nitrogens with one attached hydrogen (secondary N) is 2. The molecule has 1 aromatic rings. The molecule has 0 saturated carbocycles. The van der Waals surface area contributed by atoms with E-state index in [2.05, 4.69) is 20.5 Å². The van der Waals surface area contributed by atoms with Crippen LogP contribution in [-0.2, 0) is 16.0 Å². The first-order valence-electron chi connectivity index (χ1n) is 10.5. The summed E-state index contributed by atoms with van der Waals surface area (Å²) in [5.74, 6) is -0.254. The van der Waals surface area contributed by atoms with Gasteiger partial charge in [-0.2, -0.15) is 0 Å². The van der Waals surface area contributed by atoms with E-state index in [1.807, 2.05) is 0 Å². The second-order valence-corrected chi connectivity index (χ2v) is 7.63. The van der Waals surface area contributed by atoms with Crippen LogP contribution in [0.4, 0.5) is 8.78 Å². The average molecular weight is 411 g/mol. The van der Waals surface area contributed by atoms with Gasteiger partial charge in [-0.05, 0) is 44.4 Å². The SMILES string of the molecule is CN=C(NCCOCC1CCCO1)NC1CCCN(Cc2c(F)cccc2F)C1. The summed E-state index contributed by atoms with van der Waals surface area (Å²) in [5.41, 5.74) is 0.138. The van der Waals surface area contributed by atoms with E-state index in [4.69, 9.17) is 9.47 Å². The highest BCUT2D eigenvalue weighted by atomic mass is 19.1. The van der Waals surface area contributed by atoms with Crippen molar-refractivity contribution in [3.05, 3.63) is 35.4 Å². The smallest absolute Gasteiger partial charge is 0.191 e. The molecule has 0 aromatic heterocycles. The van der Waals surface area contributed by atoms with Crippen LogP contribution in [-0.4, -0.2) is 69.5 Å². The number of likely N-dealkylation sites (tertiary alicyclic amines) is 1. The zero-order valence-corrected chi connectivity index (χ0v) is 17.1. The maximum Gasteiger partial charge on any atom is 0.191 e. The van der Waals surface area contributed by atoms with Gasteiger partial charge in [-0.1, -0.05) is 6.07 Å². The molecule has 2 unspecified atom stereocenters. The fourth-order valence-electron chi connectivity index (χ4n) is 3.84. The first kappa shape index (κ1) is 21.9. The lowest BCUT2D eigenvalue weighted by Crippen LogP contribution is -2.51. The Balaban J connectivity index is 1.38. The summed E-state index contributed by atoms with van der Waals surface area (Å²) in [6, 6.07) is 4.20. The van der Waals surface area contributed by atoms with Gasteiger partial charge in [0, 0.05) is 44.9 Å². The van der Waals surface area contributed by atoms with Crippen molar-refractivity contribution in [3.8, 4) is 0 Å². The first-order valence-corrected chi connectivity index (χ1v) is 10.5. The molecule has 0 amide bonds. The second kappa shape index (κ2) is 11.4. The molecule has 0 spiro atoms. The largest absolute Gasteiger partial charge is 0.377 e. The number of rotatable bonds is 8. The van der Waals surface area contributed by atoms with Crippen LogP contribution in [0.2, 0.25) is 0 Å². The monoisotopic (exact) mass is 410 g/mol. The summed E-state index contributed by atoms with van der Waals surface area (Å²) in [4.78, 5) is 6.35. The molecule has 0 radical (unpaired) electrons. The predicted octanol–water partition coefficient (Wildman–Crippen LogP) is 2.29. The van der Waals surface area contributed by atoms with Crippen LogP contribution in [0.5, 0.6) is 0 Å². The van der Waals surface area contributed by atoms with Crippen LogP contribution < -0.4 is 10.6 Å². The third-order valence-electron chi connectivity index (χ3n) is 5.38. The van der Waals surface area contributed by atoms with Crippen LogP contribution in [0, 0.1) is 11.6 Å². The molecule has 162 valence electrons. The zero-order chi connectivity index (χ0) is 20.5. The van der Waals surface area contributed by atoms with Gasteiger partial charge < -0.3 is 20.1 Å². The Morgan fingerprint density at radius 1 is 1.28 bits per heavy atom. The Kier molecular flexibility index (Phi) is 8.64. The molecule has 2 saturated heterocycles. The Bertz CT molecular complexity index is 648. The number of hydrogen-bond acceptors (Lipinski definition) is 4. The van der Waals surface area contributed by atoms with Gasteiger partial charge in [-0.3, -0.25) is 9.89 Å². The molecule has 29 heavy (non-hydrogen) atoms. The topological polar surface area (TPSA) is 58.1 Å². The predicted molar refractivity (Wildman–Crippen MR) is 109 cm³/mol. The third-order valence-corrected chi connectivity index (χ3v) is 5.38. The number of halogens is 2. The molecule has 1 aromatic carbocycles. The molecular weight excluding hydrogens is 378 g/mol. The number of benzene rings is 1. The van der Waals surface area contributed by atoms with Crippen molar-refractivity contribution < 1.29 is 18.3 Å². The van der Waals surface area contributed by atoms with E-state index >= 15 is 0 Å². The van der Waals surface area contributed by atoms with Crippen molar-refractivity contribution in [3.63, 3.8) is 0 Å². The van der Waals surface area contributed by atoms with E-state index in [0.29, 0.717) is 26.3 Å². The Hall–Kier alpha value is -1.77. The molecular formula is C21H32F2N4O2. The van der Waals surface area contributed by atoms with E-state index < -0.39 is 11.6 Å². The Morgan fingerprint density at radius 3 is 2.83 bits per heavy atom. The molecule has 6 nitrogen and oxygen atoms in total. The van der Waals surface area contributed by atoms with Crippen molar-refractivity contribution in [1.29, 1.82) is 0 Å². The van der Waals surface area contributed by atoms with E-state index in [1.165, 1.54) is 18.2 Å². The van der Waals surface area contributed by atoms with E-state index in [0.717, 1.165) is 44.8 Å². The van der Waals surface area contributed by atoms with Gasteiger partial charge in [0.05, 0.1) is 19.3 Å². The Labute approximate surface area is 171 Å². The van der Waals surface area contributed by atoms with Gasteiger partial charge in [0.1, 0.15) is 11.6 Å². The molecule has 2 N–H and O–H groups in total. The number of guanidine groups is 1.